The van der Waals surface area contributed by atoms with Gasteiger partial charge in [0.15, 0.2) is 0 Å². The number of ether oxygens (including phenoxy) is 1. The maximum absolute atomic E-state index is 12.0. The molecule has 2 rings (SSSR count). The SMILES string of the molecule is COc1cccc(CCNC(=O)c2ccc(CN)cc2)c1. The zero-order valence-corrected chi connectivity index (χ0v) is 12.1. The molecule has 0 heterocycles. The van der Waals surface area contributed by atoms with Crippen molar-refractivity contribution in [3.8, 4) is 5.75 Å². The van der Waals surface area contributed by atoms with Crippen molar-refractivity contribution < 1.29 is 9.53 Å². The molecule has 110 valence electrons. The molecule has 0 radical (unpaired) electrons. The Hall–Kier alpha value is -2.33. The van der Waals surface area contributed by atoms with Gasteiger partial charge in [-0.15, -0.1) is 0 Å². The molecule has 0 fully saturated rings. The van der Waals surface area contributed by atoms with Gasteiger partial charge in [-0.05, 0) is 41.8 Å². The molecule has 21 heavy (non-hydrogen) atoms. The minimum Gasteiger partial charge on any atom is -0.497 e. The summed E-state index contributed by atoms with van der Waals surface area (Å²) in [7, 11) is 1.64. The summed E-state index contributed by atoms with van der Waals surface area (Å²) in [6.45, 7) is 1.07. The number of benzene rings is 2. The number of methoxy groups -OCH3 is 1. The van der Waals surface area contributed by atoms with E-state index in [-0.39, 0.29) is 5.91 Å². The molecule has 0 aliphatic heterocycles. The standard InChI is InChI=1S/C17H20N2O2/c1-21-16-4-2-3-13(11-16)9-10-19-17(20)15-7-5-14(12-18)6-8-15/h2-8,11H,9-10,12,18H2,1H3,(H,19,20). The number of rotatable bonds is 6. The van der Waals surface area contributed by atoms with E-state index in [4.69, 9.17) is 10.5 Å². The summed E-state index contributed by atoms with van der Waals surface area (Å²) in [6, 6.07) is 15.2. The molecule has 2 aromatic carbocycles. The van der Waals surface area contributed by atoms with Gasteiger partial charge in [-0.25, -0.2) is 0 Å². The van der Waals surface area contributed by atoms with E-state index in [0.29, 0.717) is 18.7 Å². The molecule has 0 saturated carbocycles. The van der Waals surface area contributed by atoms with Gasteiger partial charge >= 0.3 is 0 Å². The minimum absolute atomic E-state index is 0.0681. The normalized spacial score (nSPS) is 10.2. The number of carbonyl (C=O) groups is 1. The van der Waals surface area contributed by atoms with Crippen molar-refractivity contribution in [3.63, 3.8) is 0 Å². The molecule has 0 bridgehead atoms. The second-order valence-corrected chi connectivity index (χ2v) is 4.76. The highest BCUT2D eigenvalue weighted by Gasteiger charge is 2.04. The van der Waals surface area contributed by atoms with Crippen LogP contribution < -0.4 is 15.8 Å². The van der Waals surface area contributed by atoms with Crippen LogP contribution >= 0.6 is 0 Å². The van der Waals surface area contributed by atoms with E-state index in [1.165, 1.54) is 0 Å². The number of nitrogens with two attached hydrogens (primary N) is 1. The first-order valence-electron chi connectivity index (χ1n) is 6.93. The zero-order chi connectivity index (χ0) is 15.1. The molecular formula is C17H20N2O2. The van der Waals surface area contributed by atoms with Gasteiger partial charge < -0.3 is 15.8 Å². The van der Waals surface area contributed by atoms with Crippen molar-refractivity contribution in [3.05, 3.63) is 65.2 Å². The van der Waals surface area contributed by atoms with Crippen LogP contribution in [0.5, 0.6) is 5.75 Å². The summed E-state index contributed by atoms with van der Waals surface area (Å²) in [5.74, 6) is 0.762. The lowest BCUT2D eigenvalue weighted by Gasteiger charge is -2.07. The van der Waals surface area contributed by atoms with Crippen molar-refractivity contribution in [2.45, 2.75) is 13.0 Å². The third-order valence-corrected chi connectivity index (χ3v) is 3.29. The zero-order valence-electron chi connectivity index (χ0n) is 12.1. The van der Waals surface area contributed by atoms with E-state index in [1.54, 1.807) is 19.2 Å². The highest BCUT2D eigenvalue weighted by atomic mass is 16.5. The minimum atomic E-state index is -0.0681. The van der Waals surface area contributed by atoms with Crippen LogP contribution in [0.25, 0.3) is 0 Å². The number of carbonyl (C=O) groups excluding carboxylic acids is 1. The smallest absolute Gasteiger partial charge is 0.251 e. The van der Waals surface area contributed by atoms with Crippen molar-refractivity contribution in [1.29, 1.82) is 0 Å². The van der Waals surface area contributed by atoms with Crippen LogP contribution in [-0.2, 0) is 13.0 Å². The first-order valence-corrected chi connectivity index (χ1v) is 6.93. The van der Waals surface area contributed by atoms with Gasteiger partial charge in [-0.1, -0.05) is 24.3 Å². The number of amides is 1. The predicted octanol–water partition coefficient (Wildman–Crippen LogP) is 2.13. The molecule has 4 heteroatoms. The van der Waals surface area contributed by atoms with E-state index in [2.05, 4.69) is 5.32 Å². The monoisotopic (exact) mass is 284 g/mol. The van der Waals surface area contributed by atoms with E-state index < -0.39 is 0 Å². The van der Waals surface area contributed by atoms with Gasteiger partial charge in [0.2, 0.25) is 0 Å². The molecule has 1 amide bonds. The first-order chi connectivity index (χ1) is 10.2. The fraction of sp³-hybridized carbons (Fsp3) is 0.235. The Bertz CT molecular complexity index is 594. The quantitative estimate of drug-likeness (QED) is 0.854. The molecule has 2 aromatic rings. The third-order valence-electron chi connectivity index (χ3n) is 3.29. The topological polar surface area (TPSA) is 64.3 Å². The number of nitrogens with one attached hydrogen (secondary N) is 1. The highest BCUT2D eigenvalue weighted by molar-refractivity contribution is 5.94. The lowest BCUT2D eigenvalue weighted by molar-refractivity contribution is 0.0954. The molecule has 0 aliphatic rings. The Morgan fingerprint density at radius 3 is 2.57 bits per heavy atom. The van der Waals surface area contributed by atoms with E-state index in [1.807, 2.05) is 36.4 Å². The average Bonchev–Trinajstić information content (AvgIpc) is 2.55. The van der Waals surface area contributed by atoms with Gasteiger partial charge in [0, 0.05) is 18.7 Å². The average molecular weight is 284 g/mol. The molecule has 0 aromatic heterocycles. The molecule has 0 saturated heterocycles. The van der Waals surface area contributed by atoms with E-state index in [0.717, 1.165) is 23.3 Å². The molecule has 0 spiro atoms. The van der Waals surface area contributed by atoms with Crippen LogP contribution in [0.2, 0.25) is 0 Å². The third kappa shape index (κ3) is 4.33. The molecule has 0 aliphatic carbocycles. The first kappa shape index (κ1) is 15.1. The van der Waals surface area contributed by atoms with Crippen molar-refractivity contribution >= 4 is 5.91 Å². The number of hydrogen-bond acceptors (Lipinski definition) is 3. The fourth-order valence-corrected chi connectivity index (χ4v) is 2.04. The molecule has 0 atom stereocenters. The van der Waals surface area contributed by atoms with Crippen molar-refractivity contribution in [2.24, 2.45) is 5.73 Å². The maximum atomic E-state index is 12.0. The van der Waals surface area contributed by atoms with Crippen molar-refractivity contribution in [2.75, 3.05) is 13.7 Å². The van der Waals surface area contributed by atoms with Crippen LogP contribution in [0.3, 0.4) is 0 Å². The lowest BCUT2D eigenvalue weighted by atomic mass is 10.1. The van der Waals surface area contributed by atoms with Gasteiger partial charge in [-0.3, -0.25) is 4.79 Å². The second-order valence-electron chi connectivity index (χ2n) is 4.76. The Morgan fingerprint density at radius 1 is 1.14 bits per heavy atom. The summed E-state index contributed by atoms with van der Waals surface area (Å²) >= 11 is 0. The van der Waals surface area contributed by atoms with Crippen LogP contribution in [0, 0.1) is 0 Å². The van der Waals surface area contributed by atoms with E-state index >= 15 is 0 Å². The summed E-state index contributed by atoms with van der Waals surface area (Å²) in [4.78, 5) is 12.0. The van der Waals surface area contributed by atoms with Gasteiger partial charge in [0.05, 0.1) is 7.11 Å². The van der Waals surface area contributed by atoms with Crippen LogP contribution in [0.4, 0.5) is 0 Å². The fourth-order valence-electron chi connectivity index (χ4n) is 2.04. The summed E-state index contributed by atoms with van der Waals surface area (Å²) in [5.41, 5.74) is 8.33. The predicted molar refractivity (Wildman–Crippen MR) is 83.4 cm³/mol. The Labute approximate surface area is 124 Å². The van der Waals surface area contributed by atoms with E-state index in [9.17, 15) is 4.79 Å². The summed E-state index contributed by atoms with van der Waals surface area (Å²) < 4.78 is 5.18. The number of hydrogen-bond donors (Lipinski definition) is 2. The largest absolute Gasteiger partial charge is 0.497 e. The Kier molecular flexibility index (Phi) is 5.35. The van der Waals surface area contributed by atoms with Crippen LogP contribution in [0.15, 0.2) is 48.5 Å². The summed E-state index contributed by atoms with van der Waals surface area (Å²) in [5, 5.41) is 2.91. The molecule has 0 unspecified atom stereocenters. The van der Waals surface area contributed by atoms with Crippen molar-refractivity contribution in [1.82, 2.24) is 5.32 Å². The van der Waals surface area contributed by atoms with Crippen LogP contribution in [0.1, 0.15) is 21.5 Å². The lowest BCUT2D eigenvalue weighted by Crippen LogP contribution is -2.25. The Balaban J connectivity index is 1.85. The molecule has 4 nitrogen and oxygen atoms in total. The second kappa shape index (κ2) is 7.45. The molecule has 3 N–H and O–H groups in total. The molecular weight excluding hydrogens is 264 g/mol. The van der Waals surface area contributed by atoms with Gasteiger partial charge in [0.1, 0.15) is 5.75 Å². The van der Waals surface area contributed by atoms with Gasteiger partial charge in [0.25, 0.3) is 5.91 Å². The Morgan fingerprint density at radius 2 is 1.90 bits per heavy atom. The maximum Gasteiger partial charge on any atom is 0.251 e. The van der Waals surface area contributed by atoms with Gasteiger partial charge in [-0.2, -0.15) is 0 Å². The van der Waals surface area contributed by atoms with Crippen LogP contribution in [-0.4, -0.2) is 19.6 Å². The highest BCUT2D eigenvalue weighted by Crippen LogP contribution is 2.12. The summed E-state index contributed by atoms with van der Waals surface area (Å²) in [6.07, 6.45) is 0.768.